The first kappa shape index (κ1) is 18.3. The van der Waals surface area contributed by atoms with E-state index < -0.39 is 5.92 Å². The van der Waals surface area contributed by atoms with Gasteiger partial charge in [0, 0.05) is 6.54 Å². The lowest BCUT2D eigenvalue weighted by Gasteiger charge is -2.13. The van der Waals surface area contributed by atoms with Crippen LogP contribution in [0.1, 0.15) is 23.6 Å². The molecular weight excluding hydrogens is 506 g/mol. The summed E-state index contributed by atoms with van der Waals surface area (Å²) in [6.45, 7) is 1.26. The summed E-state index contributed by atoms with van der Waals surface area (Å²) in [6.07, 6.45) is 2.45. The van der Waals surface area contributed by atoms with Gasteiger partial charge in [-0.05, 0) is 46.6 Å². The standard InChI is InChI=1S/C15H15BrFIN6O/c16-9-6-8(2-3-10(9)17)12-14(23-24(18)15(12)25)13-11(7-21-22-13)20-5-1-4-19/h2-3,6-7,12,20H,1,4-5,19H2,(H,21,22). The Bertz CT molecular complexity index is 826. The SMILES string of the molecule is NCCCNc1cn[nH]c1C1=NN(I)C(=O)C1c1ccc(F)c(Br)c1. The number of hydrogen-bond donors (Lipinski definition) is 3. The van der Waals surface area contributed by atoms with Crippen LogP contribution in [0.15, 0.2) is 34.0 Å². The molecule has 10 heteroatoms. The molecule has 0 fully saturated rings. The lowest BCUT2D eigenvalue weighted by atomic mass is 9.92. The van der Waals surface area contributed by atoms with E-state index in [1.807, 2.05) is 22.9 Å². The van der Waals surface area contributed by atoms with Gasteiger partial charge in [-0.3, -0.25) is 9.89 Å². The van der Waals surface area contributed by atoms with Crippen LogP contribution in [0.4, 0.5) is 10.1 Å². The van der Waals surface area contributed by atoms with Crippen LogP contribution in [0.5, 0.6) is 0 Å². The molecule has 2 heterocycles. The van der Waals surface area contributed by atoms with E-state index in [0.717, 1.165) is 12.1 Å². The van der Waals surface area contributed by atoms with Crippen LogP contribution in [0, 0.1) is 5.82 Å². The summed E-state index contributed by atoms with van der Waals surface area (Å²) >= 11 is 5.01. The van der Waals surface area contributed by atoms with Crippen LogP contribution < -0.4 is 11.1 Å². The van der Waals surface area contributed by atoms with E-state index >= 15 is 0 Å². The number of rotatable bonds is 6. The van der Waals surface area contributed by atoms with Crippen molar-refractivity contribution in [2.24, 2.45) is 10.8 Å². The molecular formula is C15H15BrFIN6O. The van der Waals surface area contributed by atoms with Crippen molar-refractivity contribution in [2.45, 2.75) is 12.3 Å². The monoisotopic (exact) mass is 520 g/mol. The number of benzene rings is 1. The summed E-state index contributed by atoms with van der Waals surface area (Å²) in [4.78, 5) is 12.6. The summed E-state index contributed by atoms with van der Waals surface area (Å²) in [6, 6.07) is 4.51. The van der Waals surface area contributed by atoms with Crippen molar-refractivity contribution in [1.82, 2.24) is 13.4 Å². The van der Waals surface area contributed by atoms with Gasteiger partial charge in [-0.15, -0.1) is 0 Å². The van der Waals surface area contributed by atoms with Gasteiger partial charge < -0.3 is 11.1 Å². The number of hydrogen-bond acceptors (Lipinski definition) is 5. The van der Waals surface area contributed by atoms with Crippen molar-refractivity contribution in [2.75, 3.05) is 18.4 Å². The van der Waals surface area contributed by atoms with Crippen molar-refractivity contribution >= 4 is 56.1 Å². The average molecular weight is 521 g/mol. The van der Waals surface area contributed by atoms with Gasteiger partial charge in [0.1, 0.15) is 23.1 Å². The summed E-state index contributed by atoms with van der Waals surface area (Å²) in [5.74, 6) is -1.22. The minimum Gasteiger partial charge on any atom is -0.382 e. The molecule has 0 spiro atoms. The molecule has 1 atom stereocenters. The number of H-pyrrole nitrogens is 1. The maximum absolute atomic E-state index is 13.6. The van der Waals surface area contributed by atoms with E-state index in [-0.39, 0.29) is 11.7 Å². The Morgan fingerprint density at radius 2 is 2.28 bits per heavy atom. The topological polar surface area (TPSA) is 99.4 Å². The number of nitrogens with zero attached hydrogens (tertiary/aromatic N) is 3. The Labute approximate surface area is 165 Å². The van der Waals surface area contributed by atoms with Gasteiger partial charge in [-0.1, -0.05) is 6.07 Å². The quantitative estimate of drug-likeness (QED) is 0.310. The molecule has 4 N–H and O–H groups in total. The predicted octanol–water partition coefficient (Wildman–Crippen LogP) is 2.75. The number of aromatic nitrogens is 2. The molecule has 1 unspecified atom stereocenters. The molecule has 132 valence electrons. The van der Waals surface area contributed by atoms with Crippen LogP contribution in [0.3, 0.4) is 0 Å². The van der Waals surface area contributed by atoms with Crippen LogP contribution >= 0.6 is 38.8 Å². The average Bonchev–Trinajstić information content (AvgIpc) is 3.16. The lowest BCUT2D eigenvalue weighted by Crippen LogP contribution is -2.22. The maximum Gasteiger partial charge on any atom is 0.265 e. The third kappa shape index (κ3) is 3.70. The fourth-order valence-electron chi connectivity index (χ4n) is 2.55. The van der Waals surface area contributed by atoms with Gasteiger partial charge in [-0.2, -0.15) is 13.4 Å². The van der Waals surface area contributed by atoms with Gasteiger partial charge in [0.25, 0.3) is 5.91 Å². The smallest absolute Gasteiger partial charge is 0.265 e. The fraction of sp³-hybridized carbons (Fsp3) is 0.267. The first-order valence-corrected chi connectivity index (χ1v) is 9.29. The molecule has 1 aromatic heterocycles. The molecule has 0 saturated heterocycles. The normalized spacial score (nSPS) is 17.1. The molecule has 1 aliphatic rings. The van der Waals surface area contributed by atoms with Crippen molar-refractivity contribution in [1.29, 1.82) is 0 Å². The molecule has 1 aromatic carbocycles. The van der Waals surface area contributed by atoms with E-state index in [0.29, 0.717) is 34.5 Å². The predicted molar refractivity (Wildman–Crippen MR) is 105 cm³/mol. The Hall–Kier alpha value is -1.53. The number of hydrazone groups is 1. The van der Waals surface area contributed by atoms with Crippen LogP contribution in [0.25, 0.3) is 0 Å². The van der Waals surface area contributed by atoms with E-state index in [1.54, 1.807) is 18.3 Å². The first-order chi connectivity index (χ1) is 12.0. The van der Waals surface area contributed by atoms with Gasteiger partial charge >= 0.3 is 0 Å². The summed E-state index contributed by atoms with van der Waals surface area (Å²) in [5.41, 5.74) is 8.08. The maximum atomic E-state index is 13.6. The molecule has 2 aromatic rings. The van der Waals surface area contributed by atoms with Crippen molar-refractivity contribution in [3.05, 3.63) is 45.9 Å². The lowest BCUT2D eigenvalue weighted by molar-refractivity contribution is -0.124. The highest BCUT2D eigenvalue weighted by molar-refractivity contribution is 14.1. The van der Waals surface area contributed by atoms with E-state index in [9.17, 15) is 9.18 Å². The number of nitrogens with one attached hydrogen (secondary N) is 2. The number of nitrogens with two attached hydrogens (primary N) is 1. The zero-order chi connectivity index (χ0) is 18.0. The molecule has 0 bridgehead atoms. The molecule has 1 amide bonds. The highest BCUT2D eigenvalue weighted by Crippen LogP contribution is 2.34. The Morgan fingerprint density at radius 1 is 1.48 bits per heavy atom. The first-order valence-electron chi connectivity index (χ1n) is 7.53. The third-order valence-corrected chi connectivity index (χ3v) is 5.07. The highest BCUT2D eigenvalue weighted by atomic mass is 127. The van der Waals surface area contributed by atoms with Crippen molar-refractivity contribution in [3.63, 3.8) is 0 Å². The van der Waals surface area contributed by atoms with Crippen molar-refractivity contribution < 1.29 is 9.18 Å². The molecule has 0 aliphatic carbocycles. The minimum atomic E-state index is -0.635. The zero-order valence-electron chi connectivity index (χ0n) is 13.0. The van der Waals surface area contributed by atoms with E-state index in [4.69, 9.17) is 5.73 Å². The largest absolute Gasteiger partial charge is 0.382 e. The van der Waals surface area contributed by atoms with E-state index in [2.05, 4.69) is 36.5 Å². The molecule has 1 aliphatic heterocycles. The molecule has 25 heavy (non-hydrogen) atoms. The Balaban J connectivity index is 1.96. The highest BCUT2D eigenvalue weighted by Gasteiger charge is 2.39. The second-order valence-corrected chi connectivity index (χ2v) is 7.19. The number of halogens is 3. The number of carbonyl (C=O) groups excluding carboxylic acids is 1. The number of anilines is 1. The molecule has 0 saturated carbocycles. The van der Waals surface area contributed by atoms with Gasteiger partial charge in [0.05, 0.1) is 39.2 Å². The summed E-state index contributed by atoms with van der Waals surface area (Å²) < 4.78 is 15.1. The number of aromatic amines is 1. The minimum absolute atomic E-state index is 0.198. The number of amides is 1. The van der Waals surface area contributed by atoms with Crippen LogP contribution in [-0.2, 0) is 4.79 Å². The summed E-state index contributed by atoms with van der Waals surface area (Å²) in [7, 11) is 0. The van der Waals surface area contributed by atoms with Gasteiger partial charge in [0.2, 0.25) is 0 Å². The van der Waals surface area contributed by atoms with Gasteiger partial charge in [0.15, 0.2) is 0 Å². The molecule has 7 nitrogen and oxygen atoms in total. The van der Waals surface area contributed by atoms with E-state index in [1.165, 1.54) is 9.29 Å². The Kier molecular flexibility index (Phi) is 5.69. The van der Waals surface area contributed by atoms with Crippen LogP contribution in [0.2, 0.25) is 0 Å². The molecule has 0 radical (unpaired) electrons. The Morgan fingerprint density at radius 3 is 3.00 bits per heavy atom. The van der Waals surface area contributed by atoms with Crippen LogP contribution in [-0.4, -0.2) is 38.1 Å². The van der Waals surface area contributed by atoms with Crippen molar-refractivity contribution in [3.8, 4) is 0 Å². The third-order valence-electron chi connectivity index (χ3n) is 3.77. The second-order valence-electron chi connectivity index (χ2n) is 5.42. The fourth-order valence-corrected chi connectivity index (χ4v) is 3.46. The second kappa shape index (κ2) is 7.79. The van der Waals surface area contributed by atoms with Gasteiger partial charge in [-0.25, -0.2) is 4.39 Å². The molecule has 3 rings (SSSR count). The zero-order valence-corrected chi connectivity index (χ0v) is 16.7. The number of carbonyl (C=O) groups is 1. The summed E-state index contributed by atoms with van der Waals surface area (Å²) in [5, 5.41) is 14.5.